The second kappa shape index (κ2) is 9.35. The highest BCUT2D eigenvalue weighted by molar-refractivity contribution is 9.10. The van der Waals surface area contributed by atoms with Crippen molar-refractivity contribution in [3.63, 3.8) is 0 Å². The number of rotatable bonds is 0. The summed E-state index contributed by atoms with van der Waals surface area (Å²) in [6, 6.07) is 7.80. The minimum atomic E-state index is -4.86. The van der Waals surface area contributed by atoms with Gasteiger partial charge in [-0.15, -0.1) is 12.6 Å². The van der Waals surface area contributed by atoms with Crippen LogP contribution in [0.4, 0.5) is 13.2 Å². The van der Waals surface area contributed by atoms with Gasteiger partial charge >= 0.3 is 12.1 Å². The Balaban J connectivity index is 0. The second-order valence-electron chi connectivity index (χ2n) is 2.34. The van der Waals surface area contributed by atoms with Gasteiger partial charge in [0.1, 0.15) is 0 Å². The van der Waals surface area contributed by atoms with Gasteiger partial charge in [-0.25, -0.2) is 0 Å². The molecule has 1 aromatic rings. The normalized spacial score (nSPS) is 9.35. The SMILES string of the molecule is CC.NC(=O)C(F)(F)F.Sc1ccc(Br)cc1. The molecule has 0 unspecified atom stereocenters. The molecule has 0 heterocycles. The summed E-state index contributed by atoms with van der Waals surface area (Å²) >= 11 is 7.42. The molecular formula is C10H13BrF3NOS. The molecule has 0 saturated carbocycles. The van der Waals surface area contributed by atoms with Crippen LogP contribution in [0.2, 0.25) is 0 Å². The van der Waals surface area contributed by atoms with Gasteiger partial charge in [-0.3, -0.25) is 4.79 Å². The lowest BCUT2D eigenvalue weighted by atomic mass is 10.4. The fourth-order valence-electron chi connectivity index (χ4n) is 0.441. The highest BCUT2D eigenvalue weighted by Crippen LogP contribution is 2.12. The van der Waals surface area contributed by atoms with Gasteiger partial charge < -0.3 is 5.73 Å². The Morgan fingerprint density at radius 2 is 1.53 bits per heavy atom. The predicted octanol–water partition coefficient (Wildman–Crippen LogP) is 3.80. The molecule has 0 aliphatic heterocycles. The molecule has 0 saturated heterocycles. The quantitative estimate of drug-likeness (QED) is 0.698. The number of carbonyl (C=O) groups excluding carboxylic acids is 1. The Morgan fingerprint density at radius 3 is 1.71 bits per heavy atom. The molecule has 0 aromatic heterocycles. The molecule has 17 heavy (non-hydrogen) atoms. The highest BCUT2D eigenvalue weighted by atomic mass is 79.9. The summed E-state index contributed by atoms with van der Waals surface area (Å²) in [6.07, 6.45) is -4.86. The van der Waals surface area contributed by atoms with Crippen molar-refractivity contribution in [1.29, 1.82) is 0 Å². The van der Waals surface area contributed by atoms with Crippen LogP contribution >= 0.6 is 28.6 Å². The fourth-order valence-corrected chi connectivity index (χ4v) is 0.854. The van der Waals surface area contributed by atoms with E-state index < -0.39 is 12.1 Å². The molecule has 0 aliphatic carbocycles. The third-order valence-corrected chi connectivity index (χ3v) is 1.93. The average Bonchev–Trinajstić information content (AvgIpc) is 2.25. The first kappa shape index (κ1) is 18.7. The molecule has 0 fully saturated rings. The third-order valence-electron chi connectivity index (χ3n) is 1.11. The van der Waals surface area contributed by atoms with E-state index in [1.54, 1.807) is 0 Å². The lowest BCUT2D eigenvalue weighted by Crippen LogP contribution is -2.30. The van der Waals surface area contributed by atoms with E-state index in [0.717, 1.165) is 9.37 Å². The molecule has 1 rings (SSSR count). The molecule has 1 aromatic carbocycles. The van der Waals surface area contributed by atoms with Crippen molar-refractivity contribution >= 4 is 34.5 Å². The number of halogens is 4. The van der Waals surface area contributed by atoms with Crippen molar-refractivity contribution < 1.29 is 18.0 Å². The molecule has 0 atom stereocenters. The van der Waals surface area contributed by atoms with Crippen LogP contribution < -0.4 is 5.73 Å². The molecule has 2 nitrogen and oxygen atoms in total. The zero-order valence-corrected chi connectivity index (χ0v) is 11.7. The second-order valence-corrected chi connectivity index (χ2v) is 3.77. The molecule has 98 valence electrons. The topological polar surface area (TPSA) is 43.1 Å². The molecule has 0 aliphatic rings. The minimum absolute atomic E-state index is 0.994. The molecule has 0 bridgehead atoms. The predicted molar refractivity (Wildman–Crippen MR) is 68.0 cm³/mol. The number of amides is 1. The van der Waals surface area contributed by atoms with E-state index in [1.165, 1.54) is 0 Å². The lowest BCUT2D eigenvalue weighted by Gasteiger charge is -1.95. The molecule has 1 amide bonds. The minimum Gasteiger partial charge on any atom is -0.362 e. The van der Waals surface area contributed by atoms with Gasteiger partial charge in [-0.05, 0) is 24.3 Å². The van der Waals surface area contributed by atoms with Crippen LogP contribution in [0.5, 0.6) is 0 Å². The monoisotopic (exact) mass is 331 g/mol. The first-order valence-corrected chi connectivity index (χ1v) is 5.78. The number of primary amides is 1. The molecule has 0 spiro atoms. The maximum Gasteiger partial charge on any atom is 0.470 e. The number of carbonyl (C=O) groups is 1. The van der Waals surface area contributed by atoms with Crippen LogP contribution in [0, 0.1) is 0 Å². The summed E-state index contributed by atoms with van der Waals surface area (Å²) in [5, 5.41) is 0. The van der Waals surface area contributed by atoms with E-state index >= 15 is 0 Å². The van der Waals surface area contributed by atoms with Crippen molar-refractivity contribution in [3.05, 3.63) is 28.7 Å². The van der Waals surface area contributed by atoms with Crippen molar-refractivity contribution in [2.24, 2.45) is 5.73 Å². The van der Waals surface area contributed by atoms with Crippen LogP contribution in [0.25, 0.3) is 0 Å². The van der Waals surface area contributed by atoms with E-state index in [1.807, 2.05) is 38.1 Å². The van der Waals surface area contributed by atoms with Gasteiger partial charge in [0.2, 0.25) is 0 Å². The maximum atomic E-state index is 10.7. The molecule has 7 heteroatoms. The Labute approximate surface area is 112 Å². The van der Waals surface area contributed by atoms with Crippen LogP contribution in [-0.2, 0) is 4.79 Å². The summed E-state index contributed by atoms with van der Waals surface area (Å²) in [6.45, 7) is 4.00. The Kier molecular flexibility index (Phi) is 10.3. The van der Waals surface area contributed by atoms with E-state index in [0.29, 0.717) is 0 Å². The standard InChI is InChI=1S/C6H5BrS.C2H2F3NO.C2H6/c7-5-1-3-6(8)4-2-5;3-2(4,5)1(6)7;1-2/h1-4,8H;(H2,6,7);1-2H3. The van der Waals surface area contributed by atoms with Crippen molar-refractivity contribution in [3.8, 4) is 0 Å². The smallest absolute Gasteiger partial charge is 0.362 e. The number of alkyl halides is 3. The average molecular weight is 332 g/mol. The summed E-state index contributed by atoms with van der Waals surface area (Å²) in [5.74, 6) is -2.26. The van der Waals surface area contributed by atoms with Gasteiger partial charge in [0, 0.05) is 9.37 Å². The van der Waals surface area contributed by atoms with E-state index in [2.05, 4.69) is 34.3 Å². The third kappa shape index (κ3) is 11.6. The van der Waals surface area contributed by atoms with Crippen molar-refractivity contribution in [2.75, 3.05) is 0 Å². The van der Waals surface area contributed by atoms with Gasteiger partial charge in [-0.2, -0.15) is 13.2 Å². The number of hydrogen-bond donors (Lipinski definition) is 2. The fraction of sp³-hybridized carbons (Fsp3) is 0.300. The Bertz CT molecular complexity index is 306. The number of hydrogen-bond acceptors (Lipinski definition) is 2. The van der Waals surface area contributed by atoms with E-state index in [9.17, 15) is 13.2 Å². The van der Waals surface area contributed by atoms with E-state index in [4.69, 9.17) is 4.79 Å². The van der Waals surface area contributed by atoms with Crippen LogP contribution in [0.15, 0.2) is 33.6 Å². The first-order chi connectivity index (χ1) is 7.73. The lowest BCUT2D eigenvalue weighted by molar-refractivity contribution is -0.169. The zero-order valence-electron chi connectivity index (χ0n) is 9.25. The van der Waals surface area contributed by atoms with Crippen molar-refractivity contribution in [2.45, 2.75) is 24.9 Å². The van der Waals surface area contributed by atoms with Crippen LogP contribution in [0.3, 0.4) is 0 Å². The first-order valence-electron chi connectivity index (χ1n) is 4.54. The van der Waals surface area contributed by atoms with Gasteiger partial charge in [0.05, 0.1) is 0 Å². The number of benzene rings is 1. The summed E-state index contributed by atoms with van der Waals surface area (Å²) < 4.78 is 33.2. The molecular weight excluding hydrogens is 319 g/mol. The summed E-state index contributed by atoms with van der Waals surface area (Å²) in [5.41, 5.74) is 3.81. The molecule has 2 N–H and O–H groups in total. The van der Waals surface area contributed by atoms with E-state index in [-0.39, 0.29) is 0 Å². The van der Waals surface area contributed by atoms with Crippen LogP contribution in [-0.4, -0.2) is 12.1 Å². The summed E-state index contributed by atoms with van der Waals surface area (Å²) in [7, 11) is 0. The number of nitrogens with two attached hydrogens (primary N) is 1. The largest absolute Gasteiger partial charge is 0.470 e. The van der Waals surface area contributed by atoms with Crippen molar-refractivity contribution in [1.82, 2.24) is 0 Å². The number of thiol groups is 1. The summed E-state index contributed by atoms with van der Waals surface area (Å²) in [4.78, 5) is 10.1. The maximum absolute atomic E-state index is 10.7. The molecule has 0 radical (unpaired) electrons. The Hall–Kier alpha value is -0.690. The zero-order chi connectivity index (χ0) is 14.1. The van der Waals surface area contributed by atoms with Crippen LogP contribution in [0.1, 0.15) is 13.8 Å². The van der Waals surface area contributed by atoms with Gasteiger partial charge in [0.25, 0.3) is 0 Å². The van der Waals surface area contributed by atoms with Gasteiger partial charge in [0.15, 0.2) is 0 Å². The van der Waals surface area contributed by atoms with Gasteiger partial charge in [-0.1, -0.05) is 29.8 Å². The Morgan fingerprint density at radius 1 is 1.24 bits per heavy atom. The highest BCUT2D eigenvalue weighted by Gasteiger charge is 2.35.